The van der Waals surface area contributed by atoms with Crippen molar-refractivity contribution in [1.29, 1.82) is 0 Å². The molecule has 0 aliphatic heterocycles. The average Bonchev–Trinajstić information content (AvgIpc) is 2.40. The summed E-state index contributed by atoms with van der Waals surface area (Å²) in [6.45, 7) is 8.46. The molecular weight excluding hydrogens is 262 g/mol. The molecule has 0 aromatic heterocycles. The molecule has 20 heavy (non-hydrogen) atoms. The van der Waals surface area contributed by atoms with Crippen molar-refractivity contribution >= 4 is 5.97 Å². The van der Waals surface area contributed by atoms with Crippen molar-refractivity contribution in [2.24, 2.45) is 0 Å². The van der Waals surface area contributed by atoms with Gasteiger partial charge in [-0.15, -0.1) is 0 Å². The zero-order valence-electron chi connectivity index (χ0n) is 13.4. The Morgan fingerprint density at radius 3 is 2.10 bits per heavy atom. The third kappa shape index (κ3) is 8.47. The molecule has 0 rings (SSSR count). The molecule has 0 aliphatic carbocycles. The predicted molar refractivity (Wildman–Crippen MR) is 76.8 cm³/mol. The monoisotopic (exact) mass is 291 g/mol. The average molecular weight is 291 g/mol. The van der Waals surface area contributed by atoms with E-state index in [1.54, 1.807) is 7.11 Å². The molecule has 0 saturated carbocycles. The van der Waals surface area contributed by atoms with Crippen LogP contribution >= 0.6 is 0 Å². The molecule has 0 spiro atoms. The molecule has 0 fully saturated rings. The molecular formula is C14H29NO5. The molecule has 1 atom stereocenters. The third-order valence-corrected chi connectivity index (χ3v) is 2.79. The first kappa shape index (κ1) is 19.3. The summed E-state index contributed by atoms with van der Waals surface area (Å²) in [4.78, 5) is 11.8. The molecule has 120 valence electrons. The molecule has 0 saturated heterocycles. The second kappa shape index (κ2) is 11.0. The van der Waals surface area contributed by atoms with Crippen molar-refractivity contribution in [2.75, 3.05) is 47.3 Å². The summed E-state index contributed by atoms with van der Waals surface area (Å²) in [7, 11) is 3.03. The number of hydrogen-bond donors (Lipinski definition) is 1. The van der Waals surface area contributed by atoms with E-state index < -0.39 is 5.54 Å². The number of methoxy groups -OCH3 is 2. The van der Waals surface area contributed by atoms with E-state index in [1.807, 2.05) is 20.8 Å². The second-order valence-corrected chi connectivity index (χ2v) is 5.09. The van der Waals surface area contributed by atoms with Gasteiger partial charge in [0.25, 0.3) is 0 Å². The summed E-state index contributed by atoms with van der Waals surface area (Å²) in [5.41, 5.74) is -0.722. The Morgan fingerprint density at radius 1 is 1.05 bits per heavy atom. The summed E-state index contributed by atoms with van der Waals surface area (Å²) in [5, 5.41) is 3.22. The van der Waals surface area contributed by atoms with E-state index in [0.29, 0.717) is 39.5 Å². The van der Waals surface area contributed by atoms with Crippen LogP contribution in [-0.2, 0) is 23.7 Å². The molecule has 0 radical (unpaired) electrons. The first-order valence-corrected chi connectivity index (χ1v) is 6.97. The largest absolute Gasteiger partial charge is 0.468 e. The van der Waals surface area contributed by atoms with Crippen molar-refractivity contribution in [1.82, 2.24) is 5.32 Å². The highest BCUT2D eigenvalue weighted by Crippen LogP contribution is 2.13. The molecule has 0 bridgehead atoms. The van der Waals surface area contributed by atoms with Crippen LogP contribution in [0.5, 0.6) is 0 Å². The molecule has 0 aromatic carbocycles. The van der Waals surface area contributed by atoms with E-state index >= 15 is 0 Å². The Balaban J connectivity index is 3.88. The maximum Gasteiger partial charge on any atom is 0.325 e. The Bertz CT molecular complexity index is 260. The standard InChI is InChI=1S/C14H29NO5/c1-12(2)15-14(3,13(16)18-5)6-7-19-10-11-20-9-8-17-4/h12,15H,6-11H2,1-5H3. The van der Waals surface area contributed by atoms with Crippen LogP contribution in [-0.4, -0.2) is 64.8 Å². The maximum absolute atomic E-state index is 11.8. The summed E-state index contributed by atoms with van der Waals surface area (Å²) in [6.07, 6.45) is 0.552. The SMILES string of the molecule is COCCOCCOCCC(C)(NC(C)C)C(=O)OC. The van der Waals surface area contributed by atoms with Gasteiger partial charge in [0.05, 0.1) is 33.5 Å². The lowest BCUT2D eigenvalue weighted by Gasteiger charge is -2.30. The zero-order chi connectivity index (χ0) is 15.4. The van der Waals surface area contributed by atoms with Gasteiger partial charge in [0.2, 0.25) is 0 Å². The van der Waals surface area contributed by atoms with Crippen LogP contribution in [0.25, 0.3) is 0 Å². The lowest BCUT2D eigenvalue weighted by atomic mass is 9.97. The molecule has 1 unspecified atom stereocenters. The van der Waals surface area contributed by atoms with Crippen LogP contribution in [0.1, 0.15) is 27.2 Å². The lowest BCUT2D eigenvalue weighted by molar-refractivity contribution is -0.149. The maximum atomic E-state index is 11.8. The minimum Gasteiger partial charge on any atom is -0.468 e. The third-order valence-electron chi connectivity index (χ3n) is 2.79. The van der Waals surface area contributed by atoms with Gasteiger partial charge in [-0.3, -0.25) is 10.1 Å². The summed E-state index contributed by atoms with van der Waals surface area (Å²) < 4.78 is 20.5. The van der Waals surface area contributed by atoms with Gasteiger partial charge in [0.1, 0.15) is 5.54 Å². The molecule has 0 aromatic rings. The number of rotatable bonds is 12. The van der Waals surface area contributed by atoms with Gasteiger partial charge in [-0.25, -0.2) is 0 Å². The molecule has 0 aliphatic rings. The van der Waals surface area contributed by atoms with E-state index in [1.165, 1.54) is 7.11 Å². The van der Waals surface area contributed by atoms with Gasteiger partial charge in [-0.2, -0.15) is 0 Å². The van der Waals surface area contributed by atoms with Gasteiger partial charge in [-0.05, 0) is 27.2 Å². The van der Waals surface area contributed by atoms with Gasteiger partial charge < -0.3 is 18.9 Å². The highest BCUT2D eigenvalue weighted by molar-refractivity contribution is 5.80. The summed E-state index contributed by atoms with van der Waals surface area (Å²) in [5.74, 6) is -0.272. The molecule has 0 amide bonds. The first-order valence-electron chi connectivity index (χ1n) is 6.97. The van der Waals surface area contributed by atoms with Crippen molar-refractivity contribution < 1.29 is 23.7 Å². The smallest absolute Gasteiger partial charge is 0.325 e. The van der Waals surface area contributed by atoms with Crippen LogP contribution in [0.2, 0.25) is 0 Å². The van der Waals surface area contributed by atoms with E-state index in [9.17, 15) is 4.79 Å². The topological polar surface area (TPSA) is 66.0 Å². The quantitative estimate of drug-likeness (QED) is 0.427. The minimum absolute atomic E-state index is 0.191. The van der Waals surface area contributed by atoms with Gasteiger partial charge in [0.15, 0.2) is 0 Å². The van der Waals surface area contributed by atoms with Crippen molar-refractivity contribution in [3.8, 4) is 0 Å². The van der Waals surface area contributed by atoms with E-state index in [4.69, 9.17) is 18.9 Å². The van der Waals surface area contributed by atoms with E-state index in [-0.39, 0.29) is 12.0 Å². The van der Waals surface area contributed by atoms with Crippen molar-refractivity contribution in [3.63, 3.8) is 0 Å². The molecule has 0 heterocycles. The molecule has 1 N–H and O–H groups in total. The number of nitrogens with one attached hydrogen (secondary N) is 1. The first-order chi connectivity index (χ1) is 9.46. The zero-order valence-corrected chi connectivity index (χ0v) is 13.4. The Kier molecular flexibility index (Phi) is 10.6. The van der Waals surface area contributed by atoms with Gasteiger partial charge in [-0.1, -0.05) is 0 Å². The Morgan fingerprint density at radius 2 is 1.60 bits per heavy atom. The normalized spacial score (nSPS) is 14.3. The fourth-order valence-electron chi connectivity index (χ4n) is 1.84. The lowest BCUT2D eigenvalue weighted by Crippen LogP contribution is -2.53. The highest BCUT2D eigenvalue weighted by Gasteiger charge is 2.34. The number of ether oxygens (including phenoxy) is 4. The molecule has 6 heteroatoms. The fraction of sp³-hybridized carbons (Fsp3) is 0.929. The van der Waals surface area contributed by atoms with Gasteiger partial charge >= 0.3 is 5.97 Å². The fourth-order valence-corrected chi connectivity index (χ4v) is 1.84. The van der Waals surface area contributed by atoms with E-state index in [2.05, 4.69) is 5.32 Å². The number of carbonyl (C=O) groups is 1. The molecule has 6 nitrogen and oxygen atoms in total. The number of esters is 1. The van der Waals surface area contributed by atoms with Crippen molar-refractivity contribution in [3.05, 3.63) is 0 Å². The van der Waals surface area contributed by atoms with Gasteiger partial charge in [0, 0.05) is 19.8 Å². The van der Waals surface area contributed by atoms with Crippen LogP contribution in [0.4, 0.5) is 0 Å². The van der Waals surface area contributed by atoms with Crippen LogP contribution in [0.15, 0.2) is 0 Å². The number of hydrogen-bond acceptors (Lipinski definition) is 6. The Labute approximate surface area is 122 Å². The van der Waals surface area contributed by atoms with Crippen LogP contribution < -0.4 is 5.32 Å². The van der Waals surface area contributed by atoms with Crippen LogP contribution in [0.3, 0.4) is 0 Å². The Hall–Kier alpha value is -0.690. The second-order valence-electron chi connectivity index (χ2n) is 5.09. The van der Waals surface area contributed by atoms with E-state index in [0.717, 1.165) is 0 Å². The van der Waals surface area contributed by atoms with Crippen LogP contribution in [0, 0.1) is 0 Å². The highest BCUT2D eigenvalue weighted by atomic mass is 16.5. The van der Waals surface area contributed by atoms with Crippen molar-refractivity contribution in [2.45, 2.75) is 38.8 Å². The number of carbonyl (C=O) groups excluding carboxylic acids is 1. The summed E-state index contributed by atoms with van der Waals surface area (Å²) in [6, 6.07) is 0.191. The predicted octanol–water partition coefficient (Wildman–Crippen LogP) is 0.986. The summed E-state index contributed by atoms with van der Waals surface area (Å²) >= 11 is 0. The minimum atomic E-state index is -0.722.